The van der Waals surface area contributed by atoms with Gasteiger partial charge in [-0.25, -0.2) is 0 Å². The summed E-state index contributed by atoms with van der Waals surface area (Å²) < 4.78 is 4.48. The molecule has 70 valence electrons. The van der Waals surface area contributed by atoms with Gasteiger partial charge in [0.15, 0.2) is 0 Å². The Labute approximate surface area is 91.4 Å². The molecule has 7 heteroatoms. The maximum atomic E-state index is 5.72. The number of hydrogen-bond acceptors (Lipinski definition) is 5. The fraction of sp³-hybridized carbons (Fsp3) is 0.143. The molecule has 14 heavy (non-hydrogen) atoms. The SMILES string of the molecule is C#COB=Nc1cc(Cl)nc(SC)n1. The summed E-state index contributed by atoms with van der Waals surface area (Å²) >= 11 is 7.10. The van der Waals surface area contributed by atoms with E-state index in [-0.39, 0.29) is 0 Å². The Kier molecular flexibility index (Phi) is 4.43. The van der Waals surface area contributed by atoms with Crippen molar-refractivity contribution in [2.45, 2.75) is 5.16 Å². The molecule has 0 fully saturated rings. The molecule has 1 rings (SSSR count). The van der Waals surface area contributed by atoms with Crippen LogP contribution >= 0.6 is 23.4 Å². The van der Waals surface area contributed by atoms with Crippen molar-refractivity contribution in [3.8, 4) is 12.5 Å². The molecule has 0 aromatic carbocycles. The van der Waals surface area contributed by atoms with Crippen molar-refractivity contribution < 1.29 is 4.65 Å². The van der Waals surface area contributed by atoms with Crippen LogP contribution in [0.1, 0.15) is 0 Å². The molecule has 1 heterocycles. The Bertz CT molecular complexity index is 393. The molecule has 0 aliphatic carbocycles. The molecule has 0 atom stereocenters. The second kappa shape index (κ2) is 5.63. The minimum absolute atomic E-state index is 0.331. The molecular weight excluding hydrogens is 220 g/mol. The van der Waals surface area contributed by atoms with Gasteiger partial charge in [0.2, 0.25) is 0 Å². The Morgan fingerprint density at radius 2 is 2.50 bits per heavy atom. The van der Waals surface area contributed by atoms with Gasteiger partial charge in [0.25, 0.3) is 0 Å². The van der Waals surface area contributed by atoms with Crippen LogP contribution in [0.2, 0.25) is 5.15 Å². The Hall–Kier alpha value is -1.06. The van der Waals surface area contributed by atoms with Gasteiger partial charge < -0.3 is 0 Å². The van der Waals surface area contributed by atoms with Gasteiger partial charge in [-0.1, -0.05) is 0 Å². The third-order valence-electron chi connectivity index (χ3n) is 1.15. The Balaban J connectivity index is 2.87. The first-order valence-corrected chi connectivity index (χ1v) is 5.09. The van der Waals surface area contributed by atoms with E-state index >= 15 is 0 Å². The first-order valence-electron chi connectivity index (χ1n) is 3.48. The van der Waals surface area contributed by atoms with E-state index in [1.165, 1.54) is 17.8 Å². The molecule has 0 radical (unpaired) electrons. The summed E-state index contributed by atoms with van der Waals surface area (Å²) in [7, 11) is 1.11. The second-order valence-electron chi connectivity index (χ2n) is 2.01. The van der Waals surface area contributed by atoms with Gasteiger partial charge in [-0.05, 0) is 0 Å². The Morgan fingerprint density at radius 1 is 1.71 bits per heavy atom. The summed E-state index contributed by atoms with van der Waals surface area (Å²) in [5, 5.41) is 0.877. The maximum absolute atomic E-state index is 5.72. The van der Waals surface area contributed by atoms with Crippen LogP contribution in [0.15, 0.2) is 16.1 Å². The molecule has 0 N–H and O–H groups in total. The van der Waals surface area contributed by atoms with Gasteiger partial charge in [-0.2, -0.15) is 0 Å². The quantitative estimate of drug-likeness (QED) is 0.259. The molecule has 0 saturated heterocycles. The predicted molar refractivity (Wildman–Crippen MR) is 56.6 cm³/mol. The molecule has 4 nitrogen and oxygen atoms in total. The fourth-order valence-corrected chi connectivity index (χ4v) is 1.26. The first-order chi connectivity index (χ1) is 6.76. The van der Waals surface area contributed by atoms with Crippen LogP contribution in [0.3, 0.4) is 0 Å². The minimum atomic E-state index is 0.331. The molecule has 0 spiro atoms. The topological polar surface area (TPSA) is 47.4 Å². The summed E-state index contributed by atoms with van der Waals surface area (Å²) in [5.41, 5.74) is 0. The normalized spacial score (nSPS) is 9.50. The molecule has 0 bridgehead atoms. The third-order valence-corrected chi connectivity index (χ3v) is 1.89. The zero-order valence-electron chi connectivity index (χ0n) is 7.27. The predicted octanol–water partition coefficient (Wildman–Crippen LogP) is 1.89. The van der Waals surface area contributed by atoms with E-state index in [2.05, 4.69) is 19.5 Å². The van der Waals surface area contributed by atoms with E-state index in [1.54, 1.807) is 0 Å². The van der Waals surface area contributed by atoms with E-state index < -0.39 is 0 Å². The van der Waals surface area contributed by atoms with E-state index in [4.69, 9.17) is 18.0 Å². The van der Waals surface area contributed by atoms with E-state index in [0.29, 0.717) is 16.1 Å². The molecule has 0 aliphatic heterocycles. The average molecular weight is 225 g/mol. The summed E-state index contributed by atoms with van der Waals surface area (Å²) in [4.78, 5) is 11.8. The molecule has 0 unspecified atom stereocenters. The number of aromatic nitrogens is 2. The third kappa shape index (κ3) is 3.36. The van der Waals surface area contributed by atoms with Gasteiger partial charge in [0.05, 0.1) is 0 Å². The van der Waals surface area contributed by atoms with Crippen LogP contribution in [-0.4, -0.2) is 23.5 Å². The van der Waals surface area contributed by atoms with Gasteiger partial charge in [-0.3, -0.25) is 0 Å². The van der Waals surface area contributed by atoms with Crippen molar-refractivity contribution in [3.63, 3.8) is 0 Å². The van der Waals surface area contributed by atoms with Crippen LogP contribution in [0, 0.1) is 12.5 Å². The number of halogens is 1. The average Bonchev–Trinajstić information content (AvgIpc) is 2.17. The second-order valence-corrected chi connectivity index (χ2v) is 3.17. The molecule has 0 saturated carbocycles. The van der Waals surface area contributed by atoms with Gasteiger partial charge in [0, 0.05) is 0 Å². The summed E-state index contributed by atoms with van der Waals surface area (Å²) in [5.74, 6) is 0.407. The zero-order valence-corrected chi connectivity index (χ0v) is 8.84. The number of thioether (sulfide) groups is 1. The van der Waals surface area contributed by atoms with Crippen molar-refractivity contribution in [2.24, 2.45) is 4.90 Å². The first kappa shape index (κ1) is 11.0. The molecule has 0 aliphatic rings. The van der Waals surface area contributed by atoms with Crippen molar-refractivity contribution in [2.75, 3.05) is 6.26 Å². The number of nitrogens with zero attached hydrogens (tertiary/aromatic N) is 3. The van der Waals surface area contributed by atoms with Gasteiger partial charge in [-0.15, -0.1) is 0 Å². The number of hydrogen-bond donors (Lipinski definition) is 0. The monoisotopic (exact) mass is 225 g/mol. The van der Waals surface area contributed by atoms with Crippen molar-refractivity contribution in [1.82, 2.24) is 9.97 Å². The van der Waals surface area contributed by atoms with Crippen LogP contribution < -0.4 is 0 Å². The van der Waals surface area contributed by atoms with E-state index in [1.807, 2.05) is 12.4 Å². The van der Waals surface area contributed by atoms with E-state index in [9.17, 15) is 0 Å². The summed E-state index contributed by atoms with van der Waals surface area (Å²) in [6.45, 7) is 0. The van der Waals surface area contributed by atoms with Crippen molar-refractivity contribution >= 4 is 36.5 Å². The molecule has 1 aromatic rings. The van der Waals surface area contributed by atoms with Gasteiger partial charge in [0.1, 0.15) is 0 Å². The van der Waals surface area contributed by atoms with Crippen molar-refractivity contribution in [1.29, 1.82) is 0 Å². The number of terminal acetylenes is 1. The standard InChI is InChI=1S/C7H5BClN3OS/c1-3-13-8-12-6-4-5(9)10-7(11-6)14-2/h1,4H,2H3. The molecule has 0 amide bonds. The van der Waals surface area contributed by atoms with Gasteiger partial charge >= 0.3 is 91.1 Å². The van der Waals surface area contributed by atoms with Crippen LogP contribution in [-0.2, 0) is 4.65 Å². The molecule has 1 aromatic heterocycles. The van der Waals surface area contributed by atoms with Crippen LogP contribution in [0.25, 0.3) is 0 Å². The van der Waals surface area contributed by atoms with Crippen molar-refractivity contribution in [3.05, 3.63) is 11.2 Å². The zero-order chi connectivity index (χ0) is 10.4. The number of rotatable bonds is 3. The van der Waals surface area contributed by atoms with E-state index in [0.717, 1.165) is 7.27 Å². The van der Waals surface area contributed by atoms with Crippen LogP contribution in [0.5, 0.6) is 0 Å². The van der Waals surface area contributed by atoms with Crippen LogP contribution in [0.4, 0.5) is 5.82 Å². The fourth-order valence-electron chi connectivity index (χ4n) is 0.654. The summed E-state index contributed by atoms with van der Waals surface area (Å²) in [6.07, 6.45) is 8.65. The molecular formula is C7H5BClN3OS. The Morgan fingerprint density at radius 3 is 3.14 bits per heavy atom. The summed E-state index contributed by atoms with van der Waals surface area (Å²) in [6, 6.07) is 1.51.